The fraction of sp³-hybridized carbons (Fsp3) is 0.214. The predicted octanol–water partition coefficient (Wildman–Crippen LogP) is 2.10. The van der Waals surface area contributed by atoms with Crippen LogP contribution in [0.4, 0.5) is 0 Å². The van der Waals surface area contributed by atoms with Crippen LogP contribution in [0.25, 0.3) is 22.3 Å². The van der Waals surface area contributed by atoms with Crippen LogP contribution in [0.15, 0.2) is 35.1 Å². The number of para-hydroxylation sites is 1. The molecular weight excluding hydrogens is 256 g/mol. The average Bonchev–Trinajstić information content (AvgIpc) is 2.94. The van der Waals surface area contributed by atoms with E-state index in [4.69, 9.17) is 4.74 Å². The second-order valence-corrected chi connectivity index (χ2v) is 4.41. The van der Waals surface area contributed by atoms with Crippen LogP contribution >= 0.6 is 0 Å². The van der Waals surface area contributed by atoms with E-state index in [1.165, 1.54) is 0 Å². The Hall–Kier alpha value is -2.63. The second-order valence-electron chi connectivity index (χ2n) is 4.41. The van der Waals surface area contributed by atoms with Gasteiger partial charge in [0.2, 0.25) is 0 Å². The van der Waals surface area contributed by atoms with Crippen LogP contribution in [0.2, 0.25) is 0 Å². The van der Waals surface area contributed by atoms with Crippen LogP contribution in [0.1, 0.15) is 13.3 Å². The topological polar surface area (TPSA) is 83.7 Å². The van der Waals surface area contributed by atoms with E-state index >= 15 is 0 Å². The third kappa shape index (κ3) is 2.16. The number of benzene rings is 1. The molecule has 0 saturated heterocycles. The molecule has 2 aromatic heterocycles. The first-order valence-electron chi connectivity index (χ1n) is 6.45. The molecule has 2 N–H and O–H groups in total. The fourth-order valence-electron chi connectivity index (χ4n) is 2.03. The predicted molar refractivity (Wildman–Crippen MR) is 75.7 cm³/mol. The van der Waals surface area contributed by atoms with E-state index in [0.29, 0.717) is 23.3 Å². The van der Waals surface area contributed by atoms with Crippen LogP contribution in [0, 0.1) is 0 Å². The van der Waals surface area contributed by atoms with Gasteiger partial charge in [-0.05, 0) is 24.6 Å². The van der Waals surface area contributed by atoms with Crippen molar-refractivity contribution in [1.29, 1.82) is 0 Å². The molecule has 0 saturated carbocycles. The largest absolute Gasteiger partial charge is 0.493 e. The van der Waals surface area contributed by atoms with E-state index in [-0.39, 0.29) is 5.56 Å². The lowest BCUT2D eigenvalue weighted by Crippen LogP contribution is -2.08. The van der Waals surface area contributed by atoms with Crippen molar-refractivity contribution in [2.75, 3.05) is 6.61 Å². The molecule has 0 fully saturated rings. The highest BCUT2D eigenvalue weighted by atomic mass is 16.5. The maximum atomic E-state index is 11.9. The number of hydrogen-bond acceptors (Lipinski definition) is 4. The van der Waals surface area contributed by atoms with Gasteiger partial charge in [-0.3, -0.25) is 4.79 Å². The summed E-state index contributed by atoms with van der Waals surface area (Å²) in [6.45, 7) is 2.68. The summed E-state index contributed by atoms with van der Waals surface area (Å²) in [5.74, 6) is 0.743. The molecule has 0 spiro atoms. The fourth-order valence-corrected chi connectivity index (χ4v) is 2.03. The van der Waals surface area contributed by atoms with Gasteiger partial charge in [0.25, 0.3) is 5.56 Å². The summed E-state index contributed by atoms with van der Waals surface area (Å²) in [6.07, 6.45) is 0.924. The van der Waals surface area contributed by atoms with Gasteiger partial charge in [-0.15, -0.1) is 0 Å². The maximum Gasteiger partial charge on any atom is 0.278 e. The normalized spacial score (nSPS) is 10.8. The number of ether oxygens (including phenoxy) is 1. The molecule has 2 heterocycles. The molecule has 1 aromatic carbocycles. The molecule has 0 aliphatic carbocycles. The van der Waals surface area contributed by atoms with Gasteiger partial charge >= 0.3 is 0 Å². The zero-order valence-electron chi connectivity index (χ0n) is 11.0. The molecule has 0 bridgehead atoms. The molecule has 3 rings (SSSR count). The summed E-state index contributed by atoms with van der Waals surface area (Å²) in [5, 5.41) is 10.2. The molecule has 0 aliphatic heterocycles. The first kappa shape index (κ1) is 12.4. The lowest BCUT2D eigenvalue weighted by atomic mass is 10.1. The number of aromatic nitrogens is 4. The third-order valence-corrected chi connectivity index (χ3v) is 2.96. The highest BCUT2D eigenvalue weighted by molar-refractivity contribution is 5.79. The van der Waals surface area contributed by atoms with Gasteiger partial charge in [-0.25, -0.2) is 0 Å². The zero-order chi connectivity index (χ0) is 13.9. The molecule has 0 atom stereocenters. The van der Waals surface area contributed by atoms with Crippen molar-refractivity contribution in [3.05, 3.63) is 40.7 Å². The van der Waals surface area contributed by atoms with Gasteiger partial charge in [0.15, 0.2) is 5.52 Å². The van der Waals surface area contributed by atoms with E-state index in [1.54, 1.807) is 6.07 Å². The lowest BCUT2D eigenvalue weighted by molar-refractivity contribution is 0.318. The van der Waals surface area contributed by atoms with E-state index in [1.807, 2.05) is 31.2 Å². The van der Waals surface area contributed by atoms with E-state index < -0.39 is 0 Å². The lowest BCUT2D eigenvalue weighted by Gasteiger charge is -2.10. The highest BCUT2D eigenvalue weighted by Crippen LogP contribution is 2.28. The van der Waals surface area contributed by atoms with Crippen molar-refractivity contribution in [3.63, 3.8) is 0 Å². The molecule has 0 aliphatic rings. The molecule has 3 aromatic rings. The molecular formula is C14H14N4O2. The number of nitrogens with zero attached hydrogens (tertiary/aromatic N) is 2. The van der Waals surface area contributed by atoms with E-state index in [0.717, 1.165) is 17.7 Å². The Balaban J connectivity index is 2.12. The van der Waals surface area contributed by atoms with Crippen LogP contribution < -0.4 is 10.3 Å². The summed E-state index contributed by atoms with van der Waals surface area (Å²) in [6, 6.07) is 9.38. The average molecular weight is 270 g/mol. The molecule has 6 heteroatoms. The number of hydrogen-bond donors (Lipinski definition) is 2. The van der Waals surface area contributed by atoms with E-state index in [2.05, 4.69) is 20.4 Å². The Kier molecular flexibility index (Phi) is 3.20. The minimum absolute atomic E-state index is 0.267. The third-order valence-electron chi connectivity index (χ3n) is 2.96. The standard InChI is InChI=1S/C14H14N4O2/c1-2-7-20-12-6-4-3-5-9(12)10-8-11-13(14(19)15-10)17-18-16-11/h3-6,8H,2,7H2,1H3,(H,15,19)(H,16,17,18). The summed E-state index contributed by atoms with van der Waals surface area (Å²) in [5.41, 5.74) is 2.08. The Morgan fingerprint density at radius 1 is 1.25 bits per heavy atom. The first-order valence-corrected chi connectivity index (χ1v) is 6.45. The summed E-state index contributed by atoms with van der Waals surface area (Å²) in [4.78, 5) is 14.8. The van der Waals surface area contributed by atoms with Gasteiger partial charge in [0, 0.05) is 5.56 Å². The zero-order valence-corrected chi connectivity index (χ0v) is 11.0. The van der Waals surface area contributed by atoms with Crippen molar-refractivity contribution in [2.45, 2.75) is 13.3 Å². The number of fused-ring (bicyclic) bond motifs is 1. The highest BCUT2D eigenvalue weighted by Gasteiger charge is 2.10. The van der Waals surface area contributed by atoms with Crippen molar-refractivity contribution >= 4 is 11.0 Å². The second kappa shape index (κ2) is 5.16. The minimum atomic E-state index is -0.267. The first-order chi connectivity index (χ1) is 9.79. The van der Waals surface area contributed by atoms with Crippen LogP contribution in [-0.2, 0) is 0 Å². The number of H-pyrrole nitrogens is 2. The van der Waals surface area contributed by atoms with E-state index in [9.17, 15) is 4.79 Å². The van der Waals surface area contributed by atoms with Crippen LogP contribution in [0.5, 0.6) is 5.75 Å². The van der Waals surface area contributed by atoms with Gasteiger partial charge in [0.1, 0.15) is 11.3 Å². The van der Waals surface area contributed by atoms with Crippen molar-refractivity contribution < 1.29 is 4.74 Å². The Morgan fingerprint density at radius 3 is 2.95 bits per heavy atom. The van der Waals surface area contributed by atoms with Gasteiger partial charge < -0.3 is 9.72 Å². The Bertz CT molecular complexity index is 791. The van der Waals surface area contributed by atoms with Gasteiger partial charge in [-0.1, -0.05) is 19.1 Å². The van der Waals surface area contributed by atoms with Crippen LogP contribution in [-0.4, -0.2) is 27.0 Å². The van der Waals surface area contributed by atoms with Crippen molar-refractivity contribution in [3.8, 4) is 17.0 Å². The Morgan fingerprint density at radius 2 is 2.10 bits per heavy atom. The summed E-state index contributed by atoms with van der Waals surface area (Å²) >= 11 is 0. The number of pyridine rings is 1. The van der Waals surface area contributed by atoms with Gasteiger partial charge in [-0.2, -0.15) is 15.4 Å². The molecule has 20 heavy (non-hydrogen) atoms. The molecule has 0 radical (unpaired) electrons. The molecule has 102 valence electrons. The SMILES string of the molecule is CCCOc1ccccc1-c1cc2n[nH]nc2c(=O)[nH]1. The molecule has 0 amide bonds. The molecule has 6 nitrogen and oxygen atoms in total. The smallest absolute Gasteiger partial charge is 0.278 e. The quantitative estimate of drug-likeness (QED) is 0.760. The maximum absolute atomic E-state index is 11.9. The van der Waals surface area contributed by atoms with Crippen LogP contribution in [0.3, 0.4) is 0 Å². The minimum Gasteiger partial charge on any atom is -0.493 e. The molecule has 0 unspecified atom stereocenters. The monoisotopic (exact) mass is 270 g/mol. The van der Waals surface area contributed by atoms with Gasteiger partial charge in [0.05, 0.1) is 12.3 Å². The number of aromatic amines is 2. The van der Waals surface area contributed by atoms with Crippen molar-refractivity contribution in [1.82, 2.24) is 20.4 Å². The summed E-state index contributed by atoms with van der Waals surface area (Å²) in [7, 11) is 0. The summed E-state index contributed by atoms with van der Waals surface area (Å²) < 4.78 is 5.71. The van der Waals surface area contributed by atoms with Crippen molar-refractivity contribution in [2.24, 2.45) is 0 Å². The number of rotatable bonds is 4. The number of nitrogens with one attached hydrogen (secondary N) is 2. The Labute approximate surface area is 114 Å².